The van der Waals surface area contributed by atoms with Gasteiger partial charge in [0.15, 0.2) is 17.5 Å². The van der Waals surface area contributed by atoms with Crippen molar-refractivity contribution in [2.45, 2.75) is 17.6 Å². The zero-order valence-electron chi connectivity index (χ0n) is 17.0. The van der Waals surface area contributed by atoms with Gasteiger partial charge in [-0.2, -0.15) is 5.10 Å². The second kappa shape index (κ2) is 8.64. The molecule has 4 aromatic heterocycles. The number of carbonyl (C=O) groups is 2. The molecule has 32 heavy (non-hydrogen) atoms. The lowest BCUT2D eigenvalue weighted by atomic mass is 10.1. The van der Waals surface area contributed by atoms with Crippen LogP contribution in [0.4, 0.5) is 0 Å². The maximum Gasteiger partial charge on any atom is 0.359 e. The SMILES string of the molecule is CSc1nc(C(=O)OCC(=O)N2N=C(c3cccs3)CC2c2ccco2)c2ccccn12. The van der Waals surface area contributed by atoms with E-state index >= 15 is 0 Å². The first kappa shape index (κ1) is 20.5. The largest absolute Gasteiger partial charge is 0.467 e. The molecule has 0 aliphatic carbocycles. The van der Waals surface area contributed by atoms with Crippen molar-refractivity contribution in [1.82, 2.24) is 14.4 Å². The van der Waals surface area contributed by atoms with Crippen molar-refractivity contribution in [2.24, 2.45) is 5.10 Å². The van der Waals surface area contributed by atoms with E-state index in [-0.39, 0.29) is 11.7 Å². The number of carbonyl (C=O) groups excluding carboxylic acids is 2. The van der Waals surface area contributed by atoms with Crippen LogP contribution >= 0.6 is 23.1 Å². The van der Waals surface area contributed by atoms with Gasteiger partial charge in [-0.3, -0.25) is 9.20 Å². The minimum absolute atomic E-state index is 0.175. The first-order valence-corrected chi connectivity index (χ1v) is 11.9. The Balaban J connectivity index is 1.35. The number of amides is 1. The number of thiophene rings is 1. The van der Waals surface area contributed by atoms with Crippen molar-refractivity contribution in [3.63, 3.8) is 0 Å². The molecule has 10 heteroatoms. The lowest BCUT2D eigenvalue weighted by Crippen LogP contribution is -2.31. The molecule has 5 heterocycles. The molecular weight excluding hydrogens is 448 g/mol. The molecule has 1 aliphatic rings. The molecule has 0 saturated carbocycles. The van der Waals surface area contributed by atoms with Crippen LogP contribution < -0.4 is 0 Å². The van der Waals surface area contributed by atoms with Gasteiger partial charge in [-0.25, -0.2) is 14.8 Å². The number of hydrazone groups is 1. The number of hydrogen-bond acceptors (Lipinski definition) is 8. The van der Waals surface area contributed by atoms with Gasteiger partial charge < -0.3 is 9.15 Å². The predicted octanol–water partition coefficient (Wildman–Crippen LogP) is 4.25. The highest BCUT2D eigenvalue weighted by atomic mass is 32.2. The molecule has 162 valence electrons. The first-order chi connectivity index (χ1) is 15.7. The standard InChI is InChI=1S/C22H18N4O4S2/c1-31-22-23-20(15-6-2-3-9-25(15)22)21(28)30-13-19(27)26-16(17-7-4-10-29-17)12-14(24-26)18-8-5-11-32-18/h2-11,16H,12-13H2,1H3. The quantitative estimate of drug-likeness (QED) is 0.312. The fourth-order valence-corrected chi connectivity index (χ4v) is 4.86. The summed E-state index contributed by atoms with van der Waals surface area (Å²) in [6.45, 7) is -0.447. The summed E-state index contributed by atoms with van der Waals surface area (Å²) in [4.78, 5) is 31.1. The summed E-state index contributed by atoms with van der Waals surface area (Å²) >= 11 is 2.98. The van der Waals surface area contributed by atoms with Crippen molar-refractivity contribution < 1.29 is 18.7 Å². The van der Waals surface area contributed by atoms with E-state index in [1.807, 2.05) is 52.6 Å². The number of rotatable bonds is 6. The monoisotopic (exact) mass is 466 g/mol. The van der Waals surface area contributed by atoms with E-state index in [0.29, 0.717) is 22.9 Å². The summed E-state index contributed by atoms with van der Waals surface area (Å²) in [5.41, 5.74) is 1.60. The highest BCUT2D eigenvalue weighted by Gasteiger charge is 2.35. The number of fused-ring (bicyclic) bond motifs is 1. The number of pyridine rings is 1. The Labute approximate surface area is 191 Å². The first-order valence-electron chi connectivity index (χ1n) is 9.80. The lowest BCUT2D eigenvalue weighted by Gasteiger charge is -2.19. The Kier molecular flexibility index (Phi) is 5.54. The average molecular weight is 467 g/mol. The van der Waals surface area contributed by atoms with Crippen molar-refractivity contribution in [3.05, 3.63) is 76.6 Å². The van der Waals surface area contributed by atoms with Crippen LogP contribution in [0.2, 0.25) is 0 Å². The van der Waals surface area contributed by atoms with Gasteiger partial charge in [0.05, 0.1) is 22.4 Å². The molecule has 0 radical (unpaired) electrons. The maximum absolute atomic E-state index is 13.0. The second-order valence-electron chi connectivity index (χ2n) is 6.98. The maximum atomic E-state index is 13.0. The van der Waals surface area contributed by atoms with Crippen molar-refractivity contribution in [3.8, 4) is 0 Å². The van der Waals surface area contributed by atoms with Crippen LogP contribution in [0.3, 0.4) is 0 Å². The number of imidazole rings is 1. The van der Waals surface area contributed by atoms with E-state index in [4.69, 9.17) is 9.15 Å². The Morgan fingerprint density at radius 2 is 2.16 bits per heavy atom. The van der Waals surface area contributed by atoms with Crippen LogP contribution in [0, 0.1) is 0 Å². The summed E-state index contributed by atoms with van der Waals surface area (Å²) in [5.74, 6) is -0.455. The van der Waals surface area contributed by atoms with Gasteiger partial charge in [-0.1, -0.05) is 23.9 Å². The van der Waals surface area contributed by atoms with Crippen LogP contribution in [0.25, 0.3) is 5.52 Å². The number of furan rings is 1. The number of aromatic nitrogens is 2. The molecule has 4 aromatic rings. The van der Waals surface area contributed by atoms with Gasteiger partial charge in [0.2, 0.25) is 0 Å². The molecular formula is C22H18N4O4S2. The van der Waals surface area contributed by atoms with Gasteiger partial charge in [-0.05, 0) is 42.0 Å². The molecule has 0 bridgehead atoms. The summed E-state index contributed by atoms with van der Waals surface area (Å²) in [5, 5.41) is 8.50. The Morgan fingerprint density at radius 1 is 1.25 bits per heavy atom. The van der Waals surface area contributed by atoms with Gasteiger partial charge >= 0.3 is 5.97 Å². The molecule has 0 fully saturated rings. The lowest BCUT2D eigenvalue weighted by molar-refractivity contribution is -0.136. The minimum atomic E-state index is -0.654. The van der Waals surface area contributed by atoms with Crippen LogP contribution in [0.1, 0.15) is 33.6 Å². The third-order valence-electron chi connectivity index (χ3n) is 5.06. The van der Waals surface area contributed by atoms with E-state index in [0.717, 1.165) is 10.6 Å². The fourth-order valence-electron chi connectivity index (χ4n) is 3.60. The topological polar surface area (TPSA) is 89.4 Å². The average Bonchev–Trinajstić information content (AvgIpc) is 3.61. The molecule has 8 nitrogen and oxygen atoms in total. The van der Waals surface area contributed by atoms with Crippen LogP contribution in [-0.2, 0) is 9.53 Å². The molecule has 1 amide bonds. The molecule has 0 N–H and O–H groups in total. The smallest absolute Gasteiger partial charge is 0.359 e. The van der Waals surface area contributed by atoms with Crippen molar-refractivity contribution in [1.29, 1.82) is 0 Å². The number of hydrogen-bond donors (Lipinski definition) is 0. The second-order valence-corrected chi connectivity index (χ2v) is 8.70. The minimum Gasteiger partial charge on any atom is -0.467 e. The molecule has 1 aliphatic heterocycles. The van der Waals surface area contributed by atoms with Gasteiger partial charge in [0.25, 0.3) is 5.91 Å². The van der Waals surface area contributed by atoms with Gasteiger partial charge in [0, 0.05) is 12.6 Å². The number of ether oxygens (including phenoxy) is 1. The third-order valence-corrected chi connectivity index (χ3v) is 6.63. The van der Waals surface area contributed by atoms with Crippen LogP contribution in [0.5, 0.6) is 0 Å². The van der Waals surface area contributed by atoms with Crippen molar-refractivity contribution >= 4 is 46.2 Å². The van der Waals surface area contributed by atoms with Crippen molar-refractivity contribution in [2.75, 3.05) is 12.9 Å². The molecule has 1 atom stereocenters. The zero-order valence-corrected chi connectivity index (χ0v) is 18.6. The van der Waals surface area contributed by atoms with E-state index < -0.39 is 18.5 Å². The summed E-state index contributed by atoms with van der Waals surface area (Å²) in [6.07, 6.45) is 5.80. The zero-order chi connectivity index (χ0) is 22.1. The molecule has 0 saturated heterocycles. The molecule has 0 aromatic carbocycles. The van der Waals surface area contributed by atoms with E-state index in [1.165, 1.54) is 16.8 Å². The number of thioether (sulfide) groups is 1. The Hall–Kier alpha value is -3.37. The van der Waals surface area contributed by atoms with Crippen LogP contribution in [-0.4, -0.2) is 44.8 Å². The highest BCUT2D eigenvalue weighted by Crippen LogP contribution is 2.34. The summed E-state index contributed by atoms with van der Waals surface area (Å²) in [7, 11) is 0. The fraction of sp³-hybridized carbons (Fsp3) is 0.182. The van der Waals surface area contributed by atoms with E-state index in [1.54, 1.807) is 29.7 Å². The highest BCUT2D eigenvalue weighted by molar-refractivity contribution is 7.98. The third kappa shape index (κ3) is 3.71. The summed E-state index contributed by atoms with van der Waals surface area (Å²) < 4.78 is 12.7. The summed E-state index contributed by atoms with van der Waals surface area (Å²) in [6, 6.07) is 12.6. The van der Waals surface area contributed by atoms with E-state index in [9.17, 15) is 9.59 Å². The predicted molar refractivity (Wildman–Crippen MR) is 121 cm³/mol. The number of esters is 1. The Bertz CT molecular complexity index is 1290. The molecule has 5 rings (SSSR count). The molecule has 0 spiro atoms. The van der Waals surface area contributed by atoms with Gasteiger partial charge in [-0.15, -0.1) is 11.3 Å². The molecule has 1 unspecified atom stereocenters. The van der Waals surface area contributed by atoms with E-state index in [2.05, 4.69) is 10.1 Å². The number of nitrogens with zero attached hydrogens (tertiary/aromatic N) is 4. The normalized spacial score (nSPS) is 15.8. The van der Waals surface area contributed by atoms with Crippen LogP contribution in [0.15, 0.2) is 75.0 Å². The Morgan fingerprint density at radius 3 is 2.91 bits per heavy atom. The van der Waals surface area contributed by atoms with Gasteiger partial charge in [0.1, 0.15) is 11.8 Å².